The molecule has 0 spiro atoms. The molecule has 160 valence electrons. The average molecular weight is 426 g/mol. The summed E-state index contributed by atoms with van der Waals surface area (Å²) in [5, 5.41) is 0.802. The SMILES string of the molecule is CC(C)(CO[Si](C)(C)C(C)(C)C)n1cc(C(=O)c2cc(N)ccn2)c2cncnc21. The molecule has 0 atom stereocenters. The normalized spacial score (nSPS) is 13.0. The number of hydrogen-bond donors (Lipinski definition) is 1. The molecule has 0 amide bonds. The number of nitrogens with two attached hydrogens (primary N) is 1. The van der Waals surface area contributed by atoms with Crippen LogP contribution in [-0.2, 0) is 9.96 Å². The summed E-state index contributed by atoms with van der Waals surface area (Å²) >= 11 is 0. The molecule has 0 radical (unpaired) electrons. The predicted molar refractivity (Wildman–Crippen MR) is 122 cm³/mol. The molecule has 0 fully saturated rings. The third-order valence-electron chi connectivity index (χ3n) is 5.97. The highest BCUT2D eigenvalue weighted by Gasteiger charge is 2.39. The van der Waals surface area contributed by atoms with Crippen LogP contribution >= 0.6 is 0 Å². The van der Waals surface area contributed by atoms with Gasteiger partial charge in [0.25, 0.3) is 0 Å². The number of anilines is 1. The van der Waals surface area contributed by atoms with E-state index in [1.54, 1.807) is 18.3 Å². The Morgan fingerprint density at radius 2 is 1.90 bits per heavy atom. The standard InChI is InChI=1S/C22H31N5O2Si/c1-21(2,3)30(6,7)29-13-22(4,5)27-12-17(16-11-24-14-26-20(16)27)19(28)18-10-15(23)8-9-25-18/h8-12,14H,13H2,1-7H3,(H2,23,25). The number of rotatable bonds is 6. The summed E-state index contributed by atoms with van der Waals surface area (Å²) in [6.45, 7) is 15.8. The smallest absolute Gasteiger partial charge is 0.213 e. The molecule has 0 unspecified atom stereocenters. The Hall–Kier alpha value is -2.58. The zero-order chi connectivity index (χ0) is 22.3. The van der Waals surface area contributed by atoms with Crippen LogP contribution in [0.2, 0.25) is 18.1 Å². The van der Waals surface area contributed by atoms with E-state index in [1.165, 1.54) is 12.5 Å². The molecule has 3 aromatic rings. The quantitative estimate of drug-likeness (QED) is 0.464. The molecule has 30 heavy (non-hydrogen) atoms. The fourth-order valence-electron chi connectivity index (χ4n) is 2.96. The van der Waals surface area contributed by atoms with Crippen molar-refractivity contribution in [2.45, 2.75) is 58.3 Å². The summed E-state index contributed by atoms with van der Waals surface area (Å²) in [5.74, 6) is -0.207. The largest absolute Gasteiger partial charge is 0.414 e. The Labute approximate surface area is 178 Å². The van der Waals surface area contributed by atoms with Crippen molar-refractivity contribution < 1.29 is 9.22 Å². The molecule has 0 aliphatic rings. The Kier molecular flexibility index (Phi) is 5.59. The van der Waals surface area contributed by atoms with Crippen LogP contribution in [0.1, 0.15) is 50.7 Å². The molecule has 3 aromatic heterocycles. The van der Waals surface area contributed by atoms with E-state index < -0.39 is 13.9 Å². The predicted octanol–water partition coefficient (Wildman–Crippen LogP) is 4.40. The van der Waals surface area contributed by atoms with Gasteiger partial charge >= 0.3 is 0 Å². The van der Waals surface area contributed by atoms with Gasteiger partial charge in [0, 0.05) is 29.7 Å². The number of ketones is 1. The van der Waals surface area contributed by atoms with Gasteiger partial charge in [-0.3, -0.25) is 9.78 Å². The van der Waals surface area contributed by atoms with Crippen LogP contribution in [0.25, 0.3) is 11.0 Å². The van der Waals surface area contributed by atoms with E-state index in [-0.39, 0.29) is 10.8 Å². The molecule has 3 heterocycles. The molecule has 0 aliphatic carbocycles. The molecule has 0 aromatic carbocycles. The number of hydrogen-bond acceptors (Lipinski definition) is 6. The first-order chi connectivity index (χ1) is 13.8. The minimum atomic E-state index is -1.93. The minimum absolute atomic E-state index is 0.115. The number of fused-ring (bicyclic) bond motifs is 1. The summed E-state index contributed by atoms with van der Waals surface area (Å²) in [6.07, 6.45) is 6.54. The van der Waals surface area contributed by atoms with Crippen molar-refractivity contribution in [1.29, 1.82) is 0 Å². The first-order valence-electron chi connectivity index (χ1n) is 10.1. The van der Waals surface area contributed by atoms with Crippen molar-refractivity contribution in [2.75, 3.05) is 12.3 Å². The van der Waals surface area contributed by atoms with Crippen molar-refractivity contribution >= 4 is 30.8 Å². The highest BCUT2D eigenvalue weighted by Crippen LogP contribution is 2.38. The van der Waals surface area contributed by atoms with E-state index in [1.807, 2.05) is 10.8 Å². The van der Waals surface area contributed by atoms with Gasteiger partial charge in [-0.2, -0.15) is 0 Å². The highest BCUT2D eigenvalue weighted by atomic mass is 28.4. The lowest BCUT2D eigenvalue weighted by atomic mass is 10.1. The van der Waals surface area contributed by atoms with Gasteiger partial charge in [0.05, 0.1) is 17.7 Å². The Morgan fingerprint density at radius 1 is 1.20 bits per heavy atom. The van der Waals surface area contributed by atoms with Crippen molar-refractivity contribution in [2.24, 2.45) is 0 Å². The molecule has 0 bridgehead atoms. The second-order valence-electron chi connectivity index (χ2n) is 9.84. The maximum Gasteiger partial charge on any atom is 0.213 e. The fraction of sp³-hybridized carbons (Fsp3) is 0.455. The zero-order valence-corrected chi connectivity index (χ0v) is 19.9. The Bertz CT molecular complexity index is 1080. The van der Waals surface area contributed by atoms with Crippen LogP contribution < -0.4 is 5.73 Å². The van der Waals surface area contributed by atoms with E-state index in [4.69, 9.17) is 10.2 Å². The number of carbonyl (C=O) groups excluding carboxylic acids is 1. The molecule has 2 N–H and O–H groups in total. The molecule has 7 nitrogen and oxygen atoms in total. The third-order valence-corrected chi connectivity index (χ3v) is 10.5. The first-order valence-corrected chi connectivity index (χ1v) is 13.0. The monoisotopic (exact) mass is 425 g/mol. The van der Waals surface area contributed by atoms with Gasteiger partial charge in [0.2, 0.25) is 5.78 Å². The first kappa shape index (κ1) is 22.1. The van der Waals surface area contributed by atoms with Crippen molar-refractivity contribution in [3.63, 3.8) is 0 Å². The number of pyridine rings is 1. The van der Waals surface area contributed by atoms with Gasteiger partial charge in [-0.15, -0.1) is 0 Å². The maximum atomic E-state index is 13.2. The lowest BCUT2D eigenvalue weighted by molar-refractivity contribution is 0.103. The van der Waals surface area contributed by atoms with Crippen molar-refractivity contribution in [3.8, 4) is 0 Å². The summed E-state index contributed by atoms with van der Waals surface area (Å²) in [7, 11) is -1.93. The van der Waals surface area contributed by atoms with E-state index in [0.29, 0.717) is 34.6 Å². The molecule has 0 saturated heterocycles. The third kappa shape index (κ3) is 4.15. The van der Waals surface area contributed by atoms with Crippen LogP contribution in [0.3, 0.4) is 0 Å². The fourth-order valence-corrected chi connectivity index (χ4v) is 4.11. The summed E-state index contributed by atoms with van der Waals surface area (Å²) in [4.78, 5) is 26.0. The zero-order valence-electron chi connectivity index (χ0n) is 18.9. The van der Waals surface area contributed by atoms with Crippen molar-refractivity contribution in [1.82, 2.24) is 19.5 Å². The molecular weight excluding hydrogens is 394 g/mol. The van der Waals surface area contributed by atoms with Gasteiger partial charge in [0.15, 0.2) is 8.32 Å². The summed E-state index contributed by atoms with van der Waals surface area (Å²) in [6, 6.07) is 3.24. The average Bonchev–Trinajstić information content (AvgIpc) is 3.06. The highest BCUT2D eigenvalue weighted by molar-refractivity contribution is 6.74. The molecule has 0 aliphatic heterocycles. The Balaban J connectivity index is 2.02. The van der Waals surface area contributed by atoms with E-state index in [0.717, 1.165) is 0 Å². The van der Waals surface area contributed by atoms with Gasteiger partial charge < -0.3 is 14.7 Å². The minimum Gasteiger partial charge on any atom is -0.414 e. The van der Waals surface area contributed by atoms with E-state index in [2.05, 4.69) is 62.7 Å². The number of nitrogen functional groups attached to an aromatic ring is 1. The van der Waals surface area contributed by atoms with Gasteiger partial charge in [-0.1, -0.05) is 20.8 Å². The van der Waals surface area contributed by atoms with Gasteiger partial charge in [0.1, 0.15) is 17.7 Å². The van der Waals surface area contributed by atoms with Gasteiger partial charge in [-0.05, 0) is 44.1 Å². The second-order valence-corrected chi connectivity index (χ2v) is 14.6. The van der Waals surface area contributed by atoms with Crippen LogP contribution in [0.4, 0.5) is 5.69 Å². The van der Waals surface area contributed by atoms with Crippen LogP contribution in [-0.4, -0.2) is 40.2 Å². The van der Waals surface area contributed by atoms with Crippen molar-refractivity contribution in [3.05, 3.63) is 48.3 Å². The lowest BCUT2D eigenvalue weighted by Gasteiger charge is -2.39. The second kappa shape index (κ2) is 7.59. The Morgan fingerprint density at radius 3 is 2.53 bits per heavy atom. The summed E-state index contributed by atoms with van der Waals surface area (Å²) < 4.78 is 8.50. The summed E-state index contributed by atoms with van der Waals surface area (Å²) in [5.41, 5.74) is 7.42. The van der Waals surface area contributed by atoms with E-state index in [9.17, 15) is 4.79 Å². The maximum absolute atomic E-state index is 13.2. The molecular formula is C22H31N5O2Si. The number of aromatic nitrogens is 4. The van der Waals surface area contributed by atoms with Crippen LogP contribution in [0.15, 0.2) is 37.1 Å². The molecule has 8 heteroatoms. The lowest BCUT2D eigenvalue weighted by Crippen LogP contribution is -2.45. The molecule has 3 rings (SSSR count). The number of carbonyl (C=O) groups is 1. The van der Waals surface area contributed by atoms with E-state index >= 15 is 0 Å². The van der Waals surface area contributed by atoms with Crippen LogP contribution in [0, 0.1) is 0 Å². The molecule has 0 saturated carbocycles. The number of nitrogens with zero attached hydrogens (tertiary/aromatic N) is 4. The van der Waals surface area contributed by atoms with Gasteiger partial charge in [-0.25, -0.2) is 9.97 Å². The topological polar surface area (TPSA) is 95.9 Å². The van der Waals surface area contributed by atoms with Crippen LogP contribution in [0.5, 0.6) is 0 Å².